The van der Waals surface area contributed by atoms with Crippen molar-refractivity contribution in [3.8, 4) is 0 Å². The van der Waals surface area contributed by atoms with Crippen LogP contribution in [0, 0.1) is 5.41 Å². The highest BCUT2D eigenvalue weighted by Crippen LogP contribution is 2.65. The molecule has 88 valence electrons. The van der Waals surface area contributed by atoms with Crippen molar-refractivity contribution in [3.05, 3.63) is 35.4 Å². The van der Waals surface area contributed by atoms with Crippen LogP contribution in [0.15, 0.2) is 24.3 Å². The van der Waals surface area contributed by atoms with E-state index in [0.29, 0.717) is 0 Å². The summed E-state index contributed by atoms with van der Waals surface area (Å²) in [5.74, 6) is 0.347. The Kier molecular flexibility index (Phi) is 2.07. The van der Waals surface area contributed by atoms with Crippen LogP contribution in [-0.2, 0) is 9.59 Å². The van der Waals surface area contributed by atoms with Gasteiger partial charge in [-0.05, 0) is 37.8 Å². The minimum Gasteiger partial charge on any atom is -0.299 e. The van der Waals surface area contributed by atoms with E-state index in [4.69, 9.17) is 0 Å². The van der Waals surface area contributed by atoms with Crippen LogP contribution in [0.4, 0.5) is 0 Å². The zero-order chi connectivity index (χ0) is 12.2. The molecular formula is C15H16O2. The van der Waals surface area contributed by atoms with Gasteiger partial charge in [0.2, 0.25) is 0 Å². The van der Waals surface area contributed by atoms with Crippen LogP contribution in [0.25, 0.3) is 0 Å². The van der Waals surface area contributed by atoms with Crippen LogP contribution >= 0.6 is 0 Å². The van der Waals surface area contributed by atoms with Crippen molar-refractivity contribution < 1.29 is 9.59 Å². The highest BCUT2D eigenvalue weighted by Gasteiger charge is 2.62. The Bertz CT molecular complexity index is 468. The summed E-state index contributed by atoms with van der Waals surface area (Å²) in [7, 11) is 0. The number of fused-ring (bicyclic) bond motifs is 5. The van der Waals surface area contributed by atoms with Crippen LogP contribution < -0.4 is 0 Å². The lowest BCUT2D eigenvalue weighted by molar-refractivity contribution is -0.139. The zero-order valence-corrected chi connectivity index (χ0v) is 10.2. The third-order valence-corrected chi connectivity index (χ3v) is 4.76. The van der Waals surface area contributed by atoms with Crippen LogP contribution in [-0.4, -0.2) is 11.6 Å². The second-order valence-electron chi connectivity index (χ2n) is 5.29. The van der Waals surface area contributed by atoms with E-state index in [1.54, 1.807) is 13.8 Å². The predicted octanol–water partition coefficient (Wildman–Crippen LogP) is 2.83. The largest absolute Gasteiger partial charge is 0.299 e. The molecule has 0 saturated heterocycles. The van der Waals surface area contributed by atoms with Crippen LogP contribution in [0.2, 0.25) is 0 Å². The summed E-state index contributed by atoms with van der Waals surface area (Å²) in [5.41, 5.74) is 1.72. The molecule has 0 spiro atoms. The highest BCUT2D eigenvalue weighted by molar-refractivity contribution is 6.08. The normalized spacial score (nSPS) is 27.9. The summed E-state index contributed by atoms with van der Waals surface area (Å²) in [6.45, 7) is 3.16. The van der Waals surface area contributed by atoms with E-state index in [0.717, 1.165) is 12.8 Å². The predicted molar refractivity (Wildman–Crippen MR) is 65.0 cm³/mol. The molecule has 2 atom stereocenters. The Labute approximate surface area is 101 Å². The van der Waals surface area contributed by atoms with Gasteiger partial charge in [0.15, 0.2) is 0 Å². The van der Waals surface area contributed by atoms with Crippen molar-refractivity contribution in [1.82, 2.24) is 0 Å². The molecule has 3 rings (SSSR count). The van der Waals surface area contributed by atoms with E-state index in [2.05, 4.69) is 12.1 Å². The van der Waals surface area contributed by atoms with Crippen LogP contribution in [0.1, 0.15) is 49.7 Å². The molecular weight excluding hydrogens is 212 g/mol. The number of carbonyl (C=O) groups is 2. The molecule has 1 aromatic carbocycles. The Morgan fingerprint density at radius 3 is 1.76 bits per heavy atom. The molecule has 2 nitrogen and oxygen atoms in total. The molecule has 2 bridgehead atoms. The molecule has 2 aliphatic carbocycles. The fourth-order valence-corrected chi connectivity index (χ4v) is 4.21. The molecule has 0 radical (unpaired) electrons. The van der Waals surface area contributed by atoms with E-state index in [9.17, 15) is 9.59 Å². The van der Waals surface area contributed by atoms with E-state index < -0.39 is 5.41 Å². The summed E-state index contributed by atoms with van der Waals surface area (Å²) >= 11 is 0. The smallest absolute Gasteiger partial charge is 0.144 e. The van der Waals surface area contributed by atoms with Crippen molar-refractivity contribution in [3.63, 3.8) is 0 Å². The zero-order valence-electron chi connectivity index (χ0n) is 10.2. The number of benzene rings is 1. The van der Waals surface area contributed by atoms with E-state index >= 15 is 0 Å². The van der Waals surface area contributed by atoms with Crippen LogP contribution in [0.3, 0.4) is 0 Å². The fraction of sp³-hybridized carbons (Fsp3) is 0.467. The molecule has 1 aromatic rings. The van der Waals surface area contributed by atoms with Crippen molar-refractivity contribution in [2.24, 2.45) is 5.41 Å². The first-order valence-electron chi connectivity index (χ1n) is 6.21. The fourth-order valence-electron chi connectivity index (χ4n) is 4.21. The first-order chi connectivity index (χ1) is 8.10. The van der Waals surface area contributed by atoms with E-state index in [1.807, 2.05) is 12.1 Å². The van der Waals surface area contributed by atoms with Crippen molar-refractivity contribution in [2.75, 3.05) is 0 Å². The lowest BCUT2D eigenvalue weighted by Gasteiger charge is -2.28. The average Bonchev–Trinajstić information content (AvgIpc) is 2.81. The second-order valence-corrected chi connectivity index (χ2v) is 5.29. The molecule has 0 aromatic heterocycles. The number of hydrogen-bond acceptors (Lipinski definition) is 2. The van der Waals surface area contributed by atoms with Gasteiger partial charge in [-0.2, -0.15) is 0 Å². The topological polar surface area (TPSA) is 34.1 Å². The van der Waals surface area contributed by atoms with Gasteiger partial charge in [-0.1, -0.05) is 24.3 Å². The lowest BCUT2D eigenvalue weighted by atomic mass is 9.70. The Hall–Kier alpha value is -1.44. The Morgan fingerprint density at radius 1 is 1.00 bits per heavy atom. The molecule has 0 amide bonds. The average molecular weight is 228 g/mol. The maximum Gasteiger partial charge on any atom is 0.144 e. The first kappa shape index (κ1) is 10.7. The minimum atomic E-state index is -0.746. The summed E-state index contributed by atoms with van der Waals surface area (Å²) in [6, 6.07) is 8.18. The molecule has 2 unspecified atom stereocenters. The summed E-state index contributed by atoms with van der Waals surface area (Å²) in [5, 5.41) is 0. The van der Waals surface area contributed by atoms with Gasteiger partial charge in [0.05, 0.1) is 0 Å². The number of rotatable bonds is 2. The minimum absolute atomic E-state index is 0.0497. The van der Waals surface area contributed by atoms with Gasteiger partial charge in [-0.15, -0.1) is 0 Å². The van der Waals surface area contributed by atoms with Gasteiger partial charge < -0.3 is 0 Å². The monoisotopic (exact) mass is 228 g/mol. The summed E-state index contributed by atoms with van der Waals surface area (Å²) in [4.78, 5) is 24.2. The Morgan fingerprint density at radius 2 is 1.41 bits per heavy atom. The molecule has 0 N–H and O–H groups in total. The number of carbonyl (C=O) groups excluding carboxylic acids is 2. The van der Waals surface area contributed by atoms with Gasteiger partial charge >= 0.3 is 0 Å². The SMILES string of the molecule is CC(=O)C1(C(C)=O)C2CCC1c1ccccc12. The third kappa shape index (κ3) is 1.06. The maximum absolute atomic E-state index is 12.1. The van der Waals surface area contributed by atoms with Gasteiger partial charge in [0.1, 0.15) is 17.0 Å². The maximum atomic E-state index is 12.1. The molecule has 1 saturated carbocycles. The van der Waals surface area contributed by atoms with Gasteiger partial charge in [0.25, 0.3) is 0 Å². The second kappa shape index (κ2) is 3.28. The quantitative estimate of drug-likeness (QED) is 0.729. The van der Waals surface area contributed by atoms with Crippen molar-refractivity contribution in [1.29, 1.82) is 0 Å². The number of Topliss-reactive ketones (excluding diaryl/α,β-unsaturated/α-hetero) is 2. The molecule has 2 aliphatic rings. The standard InChI is InChI=1S/C15H16O2/c1-9(16)15(10(2)17)13-7-8-14(15)12-6-4-3-5-11(12)13/h3-6,13-14H,7-8H2,1-2H3. The highest BCUT2D eigenvalue weighted by atomic mass is 16.2. The van der Waals surface area contributed by atoms with Crippen molar-refractivity contribution in [2.45, 2.75) is 38.5 Å². The molecule has 0 aliphatic heterocycles. The lowest BCUT2D eigenvalue weighted by Crippen LogP contribution is -2.39. The first-order valence-corrected chi connectivity index (χ1v) is 6.21. The third-order valence-electron chi connectivity index (χ3n) is 4.76. The van der Waals surface area contributed by atoms with Crippen molar-refractivity contribution >= 4 is 11.6 Å². The molecule has 0 heterocycles. The van der Waals surface area contributed by atoms with Gasteiger partial charge in [-0.3, -0.25) is 9.59 Å². The van der Waals surface area contributed by atoms with Gasteiger partial charge in [0, 0.05) is 11.8 Å². The Balaban J connectivity index is 2.25. The molecule has 1 fully saturated rings. The number of ketones is 2. The summed E-state index contributed by atoms with van der Waals surface area (Å²) in [6.07, 6.45) is 1.95. The van der Waals surface area contributed by atoms with E-state index in [-0.39, 0.29) is 23.4 Å². The van der Waals surface area contributed by atoms with Gasteiger partial charge in [-0.25, -0.2) is 0 Å². The molecule has 2 heteroatoms. The summed E-state index contributed by atoms with van der Waals surface area (Å²) < 4.78 is 0. The molecule has 17 heavy (non-hydrogen) atoms. The van der Waals surface area contributed by atoms with Crippen LogP contribution in [0.5, 0.6) is 0 Å². The number of hydrogen-bond donors (Lipinski definition) is 0. The van der Waals surface area contributed by atoms with E-state index in [1.165, 1.54) is 11.1 Å².